The molecule has 1 aliphatic rings. The molecular weight excluding hydrogens is 399 g/mol. The van der Waals surface area contributed by atoms with Crippen LogP contribution in [0.5, 0.6) is 0 Å². The Labute approximate surface area is 148 Å². The Bertz CT molecular complexity index is 979. The van der Waals surface area contributed by atoms with Crippen molar-refractivity contribution in [2.24, 2.45) is 4.99 Å². The number of aromatic nitrogens is 4. The van der Waals surface area contributed by atoms with Gasteiger partial charge in [-0.15, -0.1) is 10.2 Å². The summed E-state index contributed by atoms with van der Waals surface area (Å²) in [4.78, 5) is 8.60. The first-order valence-corrected chi connectivity index (χ1v) is 8.01. The molecule has 0 unspecified atom stereocenters. The number of hydrogen-bond acceptors (Lipinski definition) is 4. The third-order valence-electron chi connectivity index (χ3n) is 3.83. The van der Waals surface area contributed by atoms with Gasteiger partial charge in [0.25, 0.3) is 0 Å². The van der Waals surface area contributed by atoms with E-state index in [0.29, 0.717) is 27.5 Å². The molecule has 3 aromatic rings. The predicted molar refractivity (Wildman–Crippen MR) is 87.6 cm³/mol. The average Bonchev–Trinajstić information content (AvgIpc) is 2.87. The van der Waals surface area contributed by atoms with Crippen molar-refractivity contribution >= 4 is 21.6 Å². The number of alkyl halides is 3. The van der Waals surface area contributed by atoms with E-state index in [0.717, 1.165) is 17.7 Å². The van der Waals surface area contributed by atoms with Crippen LogP contribution in [0.4, 0.5) is 13.2 Å². The molecule has 9 heteroatoms. The van der Waals surface area contributed by atoms with E-state index >= 15 is 0 Å². The fraction of sp³-hybridized carbons (Fsp3) is 0.125. The molecule has 5 nitrogen and oxygen atoms in total. The average molecular weight is 408 g/mol. The number of pyridine rings is 1. The van der Waals surface area contributed by atoms with Gasteiger partial charge >= 0.3 is 6.18 Å². The Balaban J connectivity index is 2.00. The van der Waals surface area contributed by atoms with Gasteiger partial charge in [0.05, 0.1) is 17.0 Å². The summed E-state index contributed by atoms with van der Waals surface area (Å²) in [5.41, 5.74) is 1.42. The SMILES string of the molecule is FC(F)(F)c1ccc2c(c1)-n1c(Br)nnc1CN=C2c1cccnc1. The van der Waals surface area contributed by atoms with Crippen LogP contribution in [0.25, 0.3) is 5.69 Å². The van der Waals surface area contributed by atoms with Crippen molar-refractivity contribution in [3.8, 4) is 5.69 Å². The maximum atomic E-state index is 13.2. The van der Waals surface area contributed by atoms with Gasteiger partial charge in [-0.25, -0.2) is 0 Å². The number of hydrogen-bond donors (Lipinski definition) is 0. The largest absolute Gasteiger partial charge is 0.416 e. The highest BCUT2D eigenvalue weighted by molar-refractivity contribution is 9.10. The van der Waals surface area contributed by atoms with E-state index in [1.807, 2.05) is 6.07 Å². The van der Waals surface area contributed by atoms with Crippen molar-refractivity contribution in [1.29, 1.82) is 0 Å². The van der Waals surface area contributed by atoms with Crippen LogP contribution in [-0.4, -0.2) is 25.5 Å². The van der Waals surface area contributed by atoms with Crippen LogP contribution in [0.15, 0.2) is 52.5 Å². The molecule has 126 valence electrons. The second-order valence-corrected chi connectivity index (χ2v) is 6.07. The summed E-state index contributed by atoms with van der Waals surface area (Å²) >= 11 is 3.25. The molecule has 1 aliphatic heterocycles. The number of rotatable bonds is 1. The molecule has 0 atom stereocenters. The molecule has 1 aromatic carbocycles. The summed E-state index contributed by atoms with van der Waals surface area (Å²) in [6, 6.07) is 7.13. The van der Waals surface area contributed by atoms with Crippen LogP contribution in [0, 0.1) is 0 Å². The molecule has 2 aromatic heterocycles. The maximum Gasteiger partial charge on any atom is 0.416 e. The van der Waals surface area contributed by atoms with Crippen LogP contribution in [-0.2, 0) is 12.7 Å². The topological polar surface area (TPSA) is 56.0 Å². The minimum Gasteiger partial charge on any atom is -0.276 e. The third-order valence-corrected chi connectivity index (χ3v) is 4.34. The van der Waals surface area contributed by atoms with E-state index < -0.39 is 11.7 Å². The first-order valence-electron chi connectivity index (χ1n) is 7.22. The quantitative estimate of drug-likeness (QED) is 0.616. The minimum absolute atomic E-state index is 0.193. The summed E-state index contributed by atoms with van der Waals surface area (Å²) in [5, 5.41) is 7.89. The highest BCUT2D eigenvalue weighted by Crippen LogP contribution is 2.34. The number of aliphatic imine (C=N–C) groups is 1. The van der Waals surface area contributed by atoms with Crippen molar-refractivity contribution in [2.45, 2.75) is 12.7 Å². The molecule has 25 heavy (non-hydrogen) atoms. The zero-order chi connectivity index (χ0) is 17.6. The minimum atomic E-state index is -4.45. The van der Waals surface area contributed by atoms with Crippen LogP contribution < -0.4 is 0 Å². The number of benzene rings is 1. The smallest absolute Gasteiger partial charge is 0.276 e. The summed E-state index contributed by atoms with van der Waals surface area (Å²) in [6.07, 6.45) is -1.20. The normalized spacial score (nSPS) is 13.7. The van der Waals surface area contributed by atoms with Crippen LogP contribution >= 0.6 is 15.9 Å². The maximum absolute atomic E-state index is 13.2. The molecule has 0 saturated heterocycles. The summed E-state index contributed by atoms with van der Waals surface area (Å²) in [7, 11) is 0. The van der Waals surface area contributed by atoms with Gasteiger partial charge in [0.1, 0.15) is 6.54 Å². The molecule has 3 heterocycles. The van der Waals surface area contributed by atoms with Crippen molar-refractivity contribution in [1.82, 2.24) is 19.7 Å². The molecule has 0 fully saturated rings. The highest BCUT2D eigenvalue weighted by atomic mass is 79.9. The zero-order valence-electron chi connectivity index (χ0n) is 12.5. The van der Waals surface area contributed by atoms with Crippen molar-refractivity contribution in [3.63, 3.8) is 0 Å². The van der Waals surface area contributed by atoms with Crippen molar-refractivity contribution < 1.29 is 13.2 Å². The standard InChI is InChI=1S/C16H9BrF3N5/c17-15-24-23-13-8-22-14(9-2-1-5-21-7-9)11-4-3-10(16(18,19)20)6-12(11)25(13)15/h1-7H,8H2. The molecular formula is C16H9BrF3N5. The predicted octanol–water partition coefficient (Wildman–Crippen LogP) is 3.79. The van der Waals surface area contributed by atoms with Gasteiger partial charge in [-0.2, -0.15) is 13.2 Å². The number of nitrogens with zero attached hydrogens (tertiary/aromatic N) is 5. The van der Waals surface area contributed by atoms with Crippen molar-refractivity contribution in [3.05, 3.63) is 70.0 Å². The Morgan fingerprint density at radius 3 is 2.68 bits per heavy atom. The highest BCUT2D eigenvalue weighted by Gasteiger charge is 2.33. The van der Waals surface area contributed by atoms with Gasteiger partial charge in [-0.3, -0.25) is 14.5 Å². The first-order chi connectivity index (χ1) is 11.9. The zero-order valence-corrected chi connectivity index (χ0v) is 14.1. The summed E-state index contributed by atoms with van der Waals surface area (Å²) in [5.74, 6) is 0.450. The molecule has 0 aliphatic carbocycles. The Hall–Kier alpha value is -2.55. The van der Waals surface area contributed by atoms with E-state index in [4.69, 9.17) is 0 Å². The monoisotopic (exact) mass is 407 g/mol. The van der Waals surface area contributed by atoms with Gasteiger partial charge in [0.15, 0.2) is 5.82 Å². The van der Waals surface area contributed by atoms with Gasteiger partial charge in [-0.1, -0.05) is 6.07 Å². The van der Waals surface area contributed by atoms with Crippen LogP contribution in [0.2, 0.25) is 0 Å². The van der Waals surface area contributed by atoms with E-state index in [-0.39, 0.29) is 6.54 Å². The lowest BCUT2D eigenvalue weighted by Gasteiger charge is -2.15. The lowest BCUT2D eigenvalue weighted by atomic mass is 10.00. The van der Waals surface area contributed by atoms with E-state index in [2.05, 4.69) is 36.1 Å². The Morgan fingerprint density at radius 1 is 1.12 bits per heavy atom. The number of halogens is 4. The van der Waals surface area contributed by atoms with Crippen molar-refractivity contribution in [2.75, 3.05) is 0 Å². The first kappa shape index (κ1) is 15.9. The molecule has 0 saturated carbocycles. The fourth-order valence-corrected chi connectivity index (χ4v) is 3.19. The third kappa shape index (κ3) is 2.74. The molecule has 0 bridgehead atoms. The summed E-state index contributed by atoms with van der Waals surface area (Å²) < 4.78 is 41.4. The van der Waals surface area contributed by atoms with Gasteiger partial charge in [-0.05, 0) is 40.2 Å². The molecule has 0 spiro atoms. The van der Waals surface area contributed by atoms with E-state index in [1.165, 1.54) is 10.6 Å². The Morgan fingerprint density at radius 2 is 1.96 bits per heavy atom. The second kappa shape index (κ2) is 5.76. The van der Waals surface area contributed by atoms with Gasteiger partial charge in [0.2, 0.25) is 4.73 Å². The van der Waals surface area contributed by atoms with E-state index in [1.54, 1.807) is 18.5 Å². The van der Waals surface area contributed by atoms with E-state index in [9.17, 15) is 13.2 Å². The Kier molecular flexibility index (Phi) is 3.68. The molecule has 4 rings (SSSR count). The van der Waals surface area contributed by atoms with Crippen LogP contribution in [0.3, 0.4) is 0 Å². The van der Waals surface area contributed by atoms with Crippen LogP contribution in [0.1, 0.15) is 22.5 Å². The number of fused-ring (bicyclic) bond motifs is 3. The molecule has 0 N–H and O–H groups in total. The molecule has 0 radical (unpaired) electrons. The fourth-order valence-electron chi connectivity index (χ4n) is 2.71. The summed E-state index contributed by atoms with van der Waals surface area (Å²) in [6.45, 7) is 0.193. The van der Waals surface area contributed by atoms with Gasteiger partial charge < -0.3 is 0 Å². The molecule has 0 amide bonds. The lowest BCUT2D eigenvalue weighted by molar-refractivity contribution is -0.137. The van der Waals surface area contributed by atoms with Gasteiger partial charge in [0, 0.05) is 23.5 Å². The second-order valence-electron chi connectivity index (χ2n) is 5.36. The lowest BCUT2D eigenvalue weighted by Crippen LogP contribution is -2.12.